The average Bonchev–Trinajstić information content (AvgIpc) is 2.66. The van der Waals surface area contributed by atoms with E-state index in [0.717, 1.165) is 11.3 Å². The Bertz CT molecular complexity index is 816. The van der Waals surface area contributed by atoms with Crippen LogP contribution in [0.15, 0.2) is 48.5 Å². The van der Waals surface area contributed by atoms with E-state index >= 15 is 0 Å². The number of rotatable bonds is 9. The fraction of sp³-hybridized carbons (Fsp3) is 0.286. The number of hydrogen-bond acceptors (Lipinski definition) is 5. The predicted molar refractivity (Wildman–Crippen MR) is 102 cm³/mol. The number of hydrogen-bond donors (Lipinski definition) is 1. The summed E-state index contributed by atoms with van der Waals surface area (Å²) in [6, 6.07) is 14.1. The molecule has 6 nitrogen and oxygen atoms in total. The first-order chi connectivity index (χ1) is 13.0. The second-order valence-electron chi connectivity index (χ2n) is 6.09. The molecule has 0 saturated carbocycles. The van der Waals surface area contributed by atoms with Crippen molar-refractivity contribution in [3.8, 4) is 5.75 Å². The van der Waals surface area contributed by atoms with Gasteiger partial charge in [-0.15, -0.1) is 0 Å². The molecule has 0 radical (unpaired) electrons. The van der Waals surface area contributed by atoms with Crippen LogP contribution in [-0.2, 0) is 14.3 Å². The van der Waals surface area contributed by atoms with Gasteiger partial charge in [0.15, 0.2) is 12.4 Å². The number of esters is 1. The van der Waals surface area contributed by atoms with Gasteiger partial charge in [-0.1, -0.05) is 24.3 Å². The lowest BCUT2D eigenvalue weighted by atomic mass is 10.1. The molecular formula is C21H23NO5. The van der Waals surface area contributed by atoms with E-state index in [4.69, 9.17) is 9.47 Å². The van der Waals surface area contributed by atoms with Gasteiger partial charge in [0.25, 0.3) is 0 Å². The fourth-order valence-electron chi connectivity index (χ4n) is 2.44. The lowest BCUT2D eigenvalue weighted by molar-refractivity contribution is -0.142. The number of Topliss-reactive ketones (excluding diaryl/α,β-unsaturated/α-hetero) is 1. The second-order valence-corrected chi connectivity index (χ2v) is 6.09. The molecule has 0 aromatic heterocycles. The SMILES string of the molecule is COc1cccc(C(=O)COC(=O)CCCC(=O)Nc2cccc(C)c2)c1. The number of anilines is 1. The van der Waals surface area contributed by atoms with Gasteiger partial charge >= 0.3 is 5.97 Å². The van der Waals surface area contributed by atoms with Crippen LogP contribution >= 0.6 is 0 Å². The topological polar surface area (TPSA) is 81.7 Å². The molecule has 0 aliphatic carbocycles. The molecule has 2 rings (SSSR count). The molecule has 0 aliphatic rings. The third-order valence-electron chi connectivity index (χ3n) is 3.84. The van der Waals surface area contributed by atoms with E-state index in [1.165, 1.54) is 7.11 Å². The Morgan fingerprint density at radius 2 is 1.78 bits per heavy atom. The molecule has 0 unspecified atom stereocenters. The number of aryl methyl sites for hydroxylation is 1. The zero-order valence-corrected chi connectivity index (χ0v) is 15.5. The predicted octanol–water partition coefficient (Wildman–Crippen LogP) is 3.54. The van der Waals surface area contributed by atoms with E-state index < -0.39 is 5.97 Å². The standard InChI is InChI=1S/C21H23NO5/c1-15-6-3-8-17(12-15)22-20(24)10-5-11-21(25)27-14-19(23)16-7-4-9-18(13-16)26-2/h3-4,6-9,12-13H,5,10-11,14H2,1-2H3,(H,22,24). The fourth-order valence-corrected chi connectivity index (χ4v) is 2.44. The van der Waals surface area contributed by atoms with Gasteiger partial charge in [-0.25, -0.2) is 0 Å². The number of carbonyl (C=O) groups excluding carboxylic acids is 3. The third-order valence-corrected chi connectivity index (χ3v) is 3.84. The molecule has 2 aromatic carbocycles. The van der Waals surface area contributed by atoms with Crippen LogP contribution in [0.25, 0.3) is 0 Å². The van der Waals surface area contributed by atoms with E-state index in [1.54, 1.807) is 24.3 Å². The van der Waals surface area contributed by atoms with Crippen LogP contribution in [0.4, 0.5) is 5.69 Å². The van der Waals surface area contributed by atoms with Crippen molar-refractivity contribution in [1.82, 2.24) is 0 Å². The molecule has 142 valence electrons. The van der Waals surface area contributed by atoms with Crippen molar-refractivity contribution < 1.29 is 23.9 Å². The first-order valence-electron chi connectivity index (χ1n) is 8.67. The van der Waals surface area contributed by atoms with Gasteiger partial charge in [0, 0.05) is 24.1 Å². The van der Waals surface area contributed by atoms with Gasteiger partial charge in [0.1, 0.15) is 5.75 Å². The first kappa shape index (κ1) is 20.2. The average molecular weight is 369 g/mol. The largest absolute Gasteiger partial charge is 0.497 e. The molecule has 2 aromatic rings. The maximum Gasteiger partial charge on any atom is 0.306 e. The number of carbonyl (C=O) groups is 3. The molecule has 27 heavy (non-hydrogen) atoms. The maximum atomic E-state index is 12.0. The molecule has 0 aliphatic heterocycles. The Morgan fingerprint density at radius 1 is 1.00 bits per heavy atom. The number of amides is 1. The number of benzene rings is 2. The molecule has 1 amide bonds. The number of methoxy groups -OCH3 is 1. The van der Waals surface area contributed by atoms with Crippen molar-refractivity contribution in [1.29, 1.82) is 0 Å². The van der Waals surface area contributed by atoms with Gasteiger partial charge in [0.05, 0.1) is 7.11 Å². The van der Waals surface area contributed by atoms with Crippen LogP contribution in [0.5, 0.6) is 5.75 Å². The summed E-state index contributed by atoms with van der Waals surface area (Å²) in [6.45, 7) is 1.61. The van der Waals surface area contributed by atoms with Crippen LogP contribution < -0.4 is 10.1 Å². The summed E-state index contributed by atoms with van der Waals surface area (Å²) < 4.78 is 10.0. The normalized spacial score (nSPS) is 10.1. The molecular weight excluding hydrogens is 346 g/mol. The van der Waals surface area contributed by atoms with Gasteiger partial charge in [0.2, 0.25) is 5.91 Å². The van der Waals surface area contributed by atoms with Crippen molar-refractivity contribution in [2.45, 2.75) is 26.2 Å². The molecule has 1 N–H and O–H groups in total. The molecule has 0 spiro atoms. The summed E-state index contributed by atoms with van der Waals surface area (Å²) in [5.41, 5.74) is 2.20. The lowest BCUT2D eigenvalue weighted by Gasteiger charge is -2.07. The molecule has 0 fully saturated rings. The Morgan fingerprint density at radius 3 is 2.52 bits per heavy atom. The van der Waals surface area contributed by atoms with Crippen LogP contribution in [-0.4, -0.2) is 31.4 Å². The van der Waals surface area contributed by atoms with Crippen LogP contribution in [0.3, 0.4) is 0 Å². The summed E-state index contributed by atoms with van der Waals surface area (Å²) in [4.78, 5) is 35.7. The van der Waals surface area contributed by atoms with E-state index in [-0.39, 0.29) is 31.1 Å². The lowest BCUT2D eigenvalue weighted by Crippen LogP contribution is -2.15. The summed E-state index contributed by atoms with van der Waals surface area (Å²) >= 11 is 0. The van der Waals surface area contributed by atoms with Gasteiger partial charge in [-0.3, -0.25) is 14.4 Å². The minimum absolute atomic E-state index is 0.0760. The number of nitrogens with one attached hydrogen (secondary N) is 1. The van der Waals surface area contributed by atoms with Crippen molar-refractivity contribution in [3.63, 3.8) is 0 Å². The Labute approximate surface area is 158 Å². The Kier molecular flexibility index (Phi) is 7.55. The molecule has 0 atom stereocenters. The minimum Gasteiger partial charge on any atom is -0.497 e. The molecule has 6 heteroatoms. The molecule has 0 heterocycles. The zero-order valence-electron chi connectivity index (χ0n) is 15.5. The Balaban J connectivity index is 1.68. The first-order valence-corrected chi connectivity index (χ1v) is 8.67. The third kappa shape index (κ3) is 6.93. The highest BCUT2D eigenvalue weighted by atomic mass is 16.5. The summed E-state index contributed by atoms with van der Waals surface area (Å²) in [5.74, 6) is -0.415. The van der Waals surface area contributed by atoms with Crippen LogP contribution in [0.1, 0.15) is 35.2 Å². The van der Waals surface area contributed by atoms with E-state index in [0.29, 0.717) is 17.7 Å². The van der Waals surface area contributed by atoms with Crippen molar-refractivity contribution >= 4 is 23.3 Å². The van der Waals surface area contributed by atoms with Crippen LogP contribution in [0.2, 0.25) is 0 Å². The van der Waals surface area contributed by atoms with E-state index in [9.17, 15) is 14.4 Å². The minimum atomic E-state index is -0.505. The van der Waals surface area contributed by atoms with Gasteiger partial charge in [-0.2, -0.15) is 0 Å². The smallest absolute Gasteiger partial charge is 0.306 e. The highest BCUT2D eigenvalue weighted by Gasteiger charge is 2.11. The summed E-state index contributed by atoms with van der Waals surface area (Å²) in [5, 5.41) is 2.78. The quantitative estimate of drug-likeness (QED) is 0.540. The number of ether oxygens (including phenoxy) is 2. The molecule has 0 bridgehead atoms. The highest BCUT2D eigenvalue weighted by Crippen LogP contribution is 2.13. The van der Waals surface area contributed by atoms with E-state index in [2.05, 4.69) is 5.32 Å². The maximum absolute atomic E-state index is 12.0. The van der Waals surface area contributed by atoms with Gasteiger partial charge < -0.3 is 14.8 Å². The number of ketones is 1. The van der Waals surface area contributed by atoms with E-state index in [1.807, 2.05) is 31.2 Å². The van der Waals surface area contributed by atoms with Crippen LogP contribution in [0, 0.1) is 6.92 Å². The van der Waals surface area contributed by atoms with Crippen molar-refractivity contribution in [2.24, 2.45) is 0 Å². The van der Waals surface area contributed by atoms with Crippen molar-refractivity contribution in [2.75, 3.05) is 19.0 Å². The summed E-state index contributed by atoms with van der Waals surface area (Å²) in [6.07, 6.45) is 0.628. The highest BCUT2D eigenvalue weighted by molar-refractivity contribution is 5.98. The summed E-state index contributed by atoms with van der Waals surface area (Å²) in [7, 11) is 1.51. The zero-order chi connectivity index (χ0) is 19.6. The molecule has 0 saturated heterocycles. The van der Waals surface area contributed by atoms with Crippen molar-refractivity contribution in [3.05, 3.63) is 59.7 Å². The Hall–Kier alpha value is -3.15. The van der Waals surface area contributed by atoms with Gasteiger partial charge in [-0.05, 0) is 43.2 Å². The monoisotopic (exact) mass is 369 g/mol. The second kappa shape index (κ2) is 10.1.